The number of thiocarbonyl (C=S) groups is 1. The largest absolute Gasteiger partial charge is 0.476 e. The maximum atomic E-state index is 6.08. The third-order valence-electron chi connectivity index (χ3n) is 2.73. The van der Waals surface area contributed by atoms with Gasteiger partial charge in [0.15, 0.2) is 10.0 Å². The minimum Gasteiger partial charge on any atom is -0.476 e. The molecule has 5 nitrogen and oxygen atoms in total. The predicted octanol–water partition coefficient (Wildman–Crippen LogP) is 5.16. The quantitative estimate of drug-likeness (QED) is 0.562. The Labute approximate surface area is 143 Å². The van der Waals surface area contributed by atoms with Gasteiger partial charge < -0.3 is 4.74 Å². The van der Waals surface area contributed by atoms with Crippen molar-refractivity contribution in [2.75, 3.05) is 12.9 Å². The Morgan fingerprint density at radius 1 is 1.41 bits per heavy atom. The summed E-state index contributed by atoms with van der Waals surface area (Å²) < 4.78 is 7.80. The van der Waals surface area contributed by atoms with Gasteiger partial charge in [-0.3, -0.25) is 0 Å². The summed E-state index contributed by atoms with van der Waals surface area (Å²) in [4.78, 5) is 0. The number of halogens is 1. The molecule has 0 amide bonds. The van der Waals surface area contributed by atoms with Gasteiger partial charge in [0.1, 0.15) is 5.69 Å². The second-order valence-electron chi connectivity index (χ2n) is 4.21. The van der Waals surface area contributed by atoms with E-state index in [9.17, 15) is 0 Å². The molecular formula is C14H15ClN4OS2. The van der Waals surface area contributed by atoms with E-state index in [1.165, 1.54) is 11.8 Å². The summed E-state index contributed by atoms with van der Waals surface area (Å²) in [5.74, 6) is 0.496. The summed E-state index contributed by atoms with van der Waals surface area (Å²) in [7, 11) is 0. The molecule has 2 aromatic rings. The SMILES string of the molecule is CCOc1c(N=Nc2ccccc2Cl)c(C)nn1C(=S)SC. The number of thioether (sulfide) groups is 1. The van der Waals surface area contributed by atoms with E-state index in [4.69, 9.17) is 28.6 Å². The average molecular weight is 355 g/mol. The zero-order valence-corrected chi connectivity index (χ0v) is 14.8. The van der Waals surface area contributed by atoms with Crippen molar-refractivity contribution < 1.29 is 4.74 Å². The van der Waals surface area contributed by atoms with E-state index in [1.54, 1.807) is 16.8 Å². The second-order valence-corrected chi connectivity index (χ2v) is 6.05. The molecule has 1 aromatic heterocycles. The van der Waals surface area contributed by atoms with Crippen LogP contribution in [0, 0.1) is 6.92 Å². The van der Waals surface area contributed by atoms with Crippen LogP contribution in [0.2, 0.25) is 5.02 Å². The molecule has 0 aliphatic rings. The molecule has 0 saturated heterocycles. The van der Waals surface area contributed by atoms with Crippen molar-refractivity contribution in [1.29, 1.82) is 0 Å². The van der Waals surface area contributed by atoms with Crippen LogP contribution in [0.25, 0.3) is 0 Å². The molecule has 0 radical (unpaired) electrons. The molecule has 0 aliphatic carbocycles. The van der Waals surface area contributed by atoms with E-state index in [-0.39, 0.29) is 0 Å². The first-order valence-corrected chi connectivity index (χ1v) is 8.56. The Hall–Kier alpha value is -1.44. The topological polar surface area (TPSA) is 51.8 Å². The summed E-state index contributed by atoms with van der Waals surface area (Å²) >= 11 is 12.8. The highest BCUT2D eigenvalue weighted by Crippen LogP contribution is 2.35. The molecular weight excluding hydrogens is 340 g/mol. The molecule has 8 heteroatoms. The van der Waals surface area contributed by atoms with Crippen LogP contribution in [0.15, 0.2) is 34.5 Å². The molecule has 0 atom stereocenters. The summed E-state index contributed by atoms with van der Waals surface area (Å²) in [6, 6.07) is 7.24. The van der Waals surface area contributed by atoms with E-state index in [0.717, 1.165) is 0 Å². The molecule has 0 unspecified atom stereocenters. The highest BCUT2D eigenvalue weighted by Gasteiger charge is 2.19. The lowest BCUT2D eigenvalue weighted by atomic mass is 10.3. The van der Waals surface area contributed by atoms with Gasteiger partial charge in [-0.15, -0.1) is 10.2 Å². The van der Waals surface area contributed by atoms with Crippen molar-refractivity contribution in [2.45, 2.75) is 13.8 Å². The second kappa shape index (κ2) is 7.71. The number of hydrogen-bond donors (Lipinski definition) is 0. The normalized spacial score (nSPS) is 11.1. The number of hydrogen-bond acceptors (Lipinski definition) is 6. The number of benzene rings is 1. The zero-order valence-electron chi connectivity index (χ0n) is 12.4. The van der Waals surface area contributed by atoms with Gasteiger partial charge in [0.2, 0.25) is 5.88 Å². The van der Waals surface area contributed by atoms with Crippen molar-refractivity contribution in [2.24, 2.45) is 10.2 Å². The molecule has 0 bridgehead atoms. The minimum atomic E-state index is 0.483. The lowest BCUT2D eigenvalue weighted by Crippen LogP contribution is -2.09. The van der Waals surface area contributed by atoms with Gasteiger partial charge >= 0.3 is 0 Å². The molecule has 1 heterocycles. The van der Waals surface area contributed by atoms with Crippen LogP contribution in [0.5, 0.6) is 5.88 Å². The van der Waals surface area contributed by atoms with Gasteiger partial charge in [0, 0.05) is 0 Å². The third-order valence-corrected chi connectivity index (χ3v) is 4.24. The van der Waals surface area contributed by atoms with Gasteiger partial charge in [0.25, 0.3) is 0 Å². The fourth-order valence-corrected chi connectivity index (χ4v) is 2.32. The van der Waals surface area contributed by atoms with Gasteiger partial charge in [-0.1, -0.05) is 47.7 Å². The standard InChI is InChI=1S/C14H15ClN4OS2/c1-4-20-13-12(9(2)18-19(13)14(21)22-3)17-16-11-8-6-5-7-10(11)15/h5-8H,4H2,1-3H3. The molecule has 0 saturated carbocycles. The van der Waals surface area contributed by atoms with Gasteiger partial charge in [-0.25, -0.2) is 0 Å². The van der Waals surface area contributed by atoms with Gasteiger partial charge in [-0.2, -0.15) is 9.78 Å². The average Bonchev–Trinajstić information content (AvgIpc) is 2.82. The van der Waals surface area contributed by atoms with Crippen LogP contribution >= 0.6 is 35.6 Å². The van der Waals surface area contributed by atoms with Crippen LogP contribution in [-0.4, -0.2) is 27.0 Å². The Morgan fingerprint density at radius 2 is 2.14 bits per heavy atom. The lowest BCUT2D eigenvalue weighted by molar-refractivity contribution is 0.321. The maximum absolute atomic E-state index is 6.08. The Kier molecular flexibility index (Phi) is 5.93. The third kappa shape index (κ3) is 3.66. The van der Waals surface area contributed by atoms with E-state index in [0.29, 0.717) is 38.9 Å². The summed E-state index contributed by atoms with van der Waals surface area (Å²) in [5.41, 5.74) is 1.83. The highest BCUT2D eigenvalue weighted by atomic mass is 35.5. The fraction of sp³-hybridized carbons (Fsp3) is 0.286. The molecule has 0 N–H and O–H groups in total. The maximum Gasteiger partial charge on any atom is 0.246 e. The molecule has 0 spiro atoms. The van der Waals surface area contributed by atoms with Crippen molar-refractivity contribution in [3.05, 3.63) is 35.0 Å². The van der Waals surface area contributed by atoms with E-state index in [2.05, 4.69) is 15.3 Å². The van der Waals surface area contributed by atoms with Crippen molar-refractivity contribution in [3.63, 3.8) is 0 Å². The smallest absolute Gasteiger partial charge is 0.246 e. The van der Waals surface area contributed by atoms with Crippen LogP contribution in [0.3, 0.4) is 0 Å². The first-order chi connectivity index (χ1) is 10.6. The van der Waals surface area contributed by atoms with E-state index < -0.39 is 0 Å². The molecule has 2 rings (SSSR count). The first kappa shape index (κ1) is 16.9. The molecule has 0 aliphatic heterocycles. The number of aryl methyl sites for hydroxylation is 1. The zero-order chi connectivity index (χ0) is 16.1. The van der Waals surface area contributed by atoms with E-state index >= 15 is 0 Å². The number of aromatic nitrogens is 2. The van der Waals surface area contributed by atoms with Crippen LogP contribution in [0.4, 0.5) is 11.4 Å². The van der Waals surface area contributed by atoms with Crippen molar-refractivity contribution in [3.8, 4) is 5.88 Å². The number of ether oxygens (including phenoxy) is 1. The van der Waals surface area contributed by atoms with E-state index in [1.807, 2.05) is 32.2 Å². The number of nitrogens with zero attached hydrogens (tertiary/aromatic N) is 4. The number of rotatable bonds is 4. The van der Waals surface area contributed by atoms with Crippen LogP contribution in [0.1, 0.15) is 12.6 Å². The molecule has 22 heavy (non-hydrogen) atoms. The highest BCUT2D eigenvalue weighted by molar-refractivity contribution is 8.22. The lowest BCUT2D eigenvalue weighted by Gasteiger charge is -2.07. The molecule has 0 fully saturated rings. The Bertz CT molecular complexity index is 715. The monoisotopic (exact) mass is 354 g/mol. The van der Waals surface area contributed by atoms with Gasteiger partial charge in [0.05, 0.1) is 17.3 Å². The first-order valence-electron chi connectivity index (χ1n) is 6.55. The Balaban J connectivity index is 2.44. The Morgan fingerprint density at radius 3 is 2.77 bits per heavy atom. The van der Waals surface area contributed by atoms with Crippen LogP contribution in [-0.2, 0) is 0 Å². The van der Waals surface area contributed by atoms with Crippen LogP contribution < -0.4 is 4.74 Å². The molecule has 116 valence electrons. The fourth-order valence-electron chi connectivity index (χ4n) is 1.73. The van der Waals surface area contributed by atoms with Gasteiger partial charge in [-0.05, 0) is 32.2 Å². The molecule has 1 aromatic carbocycles. The number of azo groups is 1. The van der Waals surface area contributed by atoms with Crippen molar-refractivity contribution >= 4 is 51.3 Å². The van der Waals surface area contributed by atoms with Crippen molar-refractivity contribution in [1.82, 2.24) is 9.78 Å². The summed E-state index contributed by atoms with van der Waals surface area (Å²) in [5, 5.41) is 13.4. The minimum absolute atomic E-state index is 0.483. The summed E-state index contributed by atoms with van der Waals surface area (Å²) in [6.07, 6.45) is 1.89. The summed E-state index contributed by atoms with van der Waals surface area (Å²) in [6.45, 7) is 4.21. The predicted molar refractivity (Wildman–Crippen MR) is 95.3 cm³/mol.